The zero-order valence-corrected chi connectivity index (χ0v) is 9.98. The first-order valence-corrected chi connectivity index (χ1v) is 6.05. The first-order valence-electron chi connectivity index (χ1n) is 6.05. The molecule has 0 radical (unpaired) electrons. The Bertz CT molecular complexity index is 600. The van der Waals surface area contributed by atoms with Gasteiger partial charge >= 0.3 is 0 Å². The van der Waals surface area contributed by atoms with E-state index >= 15 is 0 Å². The number of hydrogen-bond acceptors (Lipinski definition) is 3. The molecule has 98 valence electrons. The van der Waals surface area contributed by atoms with Crippen LogP contribution in [0.4, 0.5) is 4.39 Å². The fourth-order valence-corrected chi connectivity index (χ4v) is 2.52. The molecule has 6 heteroatoms. The van der Waals surface area contributed by atoms with Crippen LogP contribution in [0.15, 0.2) is 18.2 Å². The summed E-state index contributed by atoms with van der Waals surface area (Å²) >= 11 is 0. The summed E-state index contributed by atoms with van der Waals surface area (Å²) in [6.07, 6.45) is 1.15. The molecule has 0 saturated carbocycles. The Labute approximate surface area is 108 Å². The molecule has 3 rings (SSSR count). The minimum absolute atomic E-state index is 0.0309. The quantitative estimate of drug-likeness (QED) is 0.758. The second kappa shape index (κ2) is 4.15. The van der Waals surface area contributed by atoms with E-state index in [4.69, 9.17) is 0 Å². The van der Waals surface area contributed by atoms with Crippen LogP contribution < -0.4 is 5.32 Å². The van der Waals surface area contributed by atoms with Crippen LogP contribution >= 0.6 is 0 Å². The summed E-state index contributed by atoms with van der Waals surface area (Å²) in [5, 5.41) is 2.63. The molecule has 0 spiro atoms. The monoisotopic (exact) mass is 262 g/mol. The summed E-state index contributed by atoms with van der Waals surface area (Å²) in [5.74, 6) is -2.03. The standard InChI is InChI=1S/C13H11FN2O3/c14-7-3-4-8-9(6-7)13(19)16(12(8)18)10-2-1-5-15-11(10)17/h3-4,6,10H,1-2,5H2,(H,15,17)/t10-/m0/s1. The lowest BCUT2D eigenvalue weighted by atomic mass is 10.1. The van der Waals surface area contributed by atoms with Crippen LogP contribution in [0.5, 0.6) is 0 Å². The number of nitrogens with zero attached hydrogens (tertiary/aromatic N) is 1. The second-order valence-corrected chi connectivity index (χ2v) is 4.62. The van der Waals surface area contributed by atoms with E-state index in [1.54, 1.807) is 0 Å². The zero-order valence-electron chi connectivity index (χ0n) is 9.98. The maximum absolute atomic E-state index is 13.1. The van der Waals surface area contributed by atoms with Gasteiger partial charge < -0.3 is 5.32 Å². The molecule has 1 atom stereocenters. The van der Waals surface area contributed by atoms with Crippen LogP contribution in [0.1, 0.15) is 33.6 Å². The summed E-state index contributed by atoms with van der Waals surface area (Å²) in [7, 11) is 0. The van der Waals surface area contributed by atoms with Crippen LogP contribution in [0.25, 0.3) is 0 Å². The van der Waals surface area contributed by atoms with Crippen molar-refractivity contribution in [2.45, 2.75) is 18.9 Å². The van der Waals surface area contributed by atoms with Crippen molar-refractivity contribution in [1.82, 2.24) is 10.2 Å². The highest BCUT2D eigenvalue weighted by molar-refractivity contribution is 6.22. The summed E-state index contributed by atoms with van der Waals surface area (Å²) in [6.45, 7) is 0.549. The lowest BCUT2D eigenvalue weighted by molar-refractivity contribution is -0.126. The van der Waals surface area contributed by atoms with Crippen molar-refractivity contribution in [2.24, 2.45) is 0 Å². The van der Waals surface area contributed by atoms with Gasteiger partial charge in [0.05, 0.1) is 11.1 Å². The van der Waals surface area contributed by atoms with Gasteiger partial charge in [-0.25, -0.2) is 4.39 Å². The molecule has 0 aromatic heterocycles. The Morgan fingerprint density at radius 1 is 1.16 bits per heavy atom. The van der Waals surface area contributed by atoms with Crippen molar-refractivity contribution in [1.29, 1.82) is 0 Å². The number of benzene rings is 1. The number of amides is 3. The van der Waals surface area contributed by atoms with Gasteiger partial charge in [-0.1, -0.05) is 0 Å². The number of nitrogens with one attached hydrogen (secondary N) is 1. The van der Waals surface area contributed by atoms with Gasteiger partial charge in [-0.05, 0) is 31.0 Å². The van der Waals surface area contributed by atoms with Crippen molar-refractivity contribution in [3.63, 3.8) is 0 Å². The van der Waals surface area contributed by atoms with Crippen molar-refractivity contribution >= 4 is 17.7 Å². The van der Waals surface area contributed by atoms with E-state index in [-0.39, 0.29) is 17.0 Å². The number of carbonyl (C=O) groups excluding carboxylic acids is 3. The molecule has 3 amide bonds. The van der Waals surface area contributed by atoms with Gasteiger partial charge in [-0.3, -0.25) is 19.3 Å². The van der Waals surface area contributed by atoms with Crippen molar-refractivity contribution in [2.75, 3.05) is 6.54 Å². The smallest absolute Gasteiger partial charge is 0.262 e. The predicted octanol–water partition coefficient (Wildman–Crippen LogP) is 0.700. The molecule has 0 unspecified atom stereocenters. The fourth-order valence-electron chi connectivity index (χ4n) is 2.52. The molecular formula is C13H11FN2O3. The molecule has 1 aromatic rings. The minimum atomic E-state index is -0.788. The van der Waals surface area contributed by atoms with Crippen molar-refractivity contribution in [3.8, 4) is 0 Å². The van der Waals surface area contributed by atoms with Crippen LogP contribution in [0.2, 0.25) is 0 Å². The number of piperidine rings is 1. The van der Waals surface area contributed by atoms with Gasteiger partial charge in [0, 0.05) is 6.54 Å². The molecule has 2 heterocycles. The number of rotatable bonds is 1. The summed E-state index contributed by atoms with van der Waals surface area (Å²) in [6, 6.07) is 2.67. The normalized spacial score (nSPS) is 22.5. The van der Waals surface area contributed by atoms with Crippen molar-refractivity contribution in [3.05, 3.63) is 35.1 Å². The van der Waals surface area contributed by atoms with E-state index in [1.807, 2.05) is 0 Å². The molecule has 1 aromatic carbocycles. The lowest BCUT2D eigenvalue weighted by Gasteiger charge is -2.28. The maximum Gasteiger partial charge on any atom is 0.262 e. The Morgan fingerprint density at radius 3 is 2.63 bits per heavy atom. The summed E-state index contributed by atoms with van der Waals surface area (Å²) < 4.78 is 13.1. The highest BCUT2D eigenvalue weighted by Crippen LogP contribution is 2.27. The summed E-state index contributed by atoms with van der Waals surface area (Å²) in [4.78, 5) is 37.0. The fraction of sp³-hybridized carbons (Fsp3) is 0.308. The van der Waals surface area contributed by atoms with Gasteiger partial charge in [-0.2, -0.15) is 0 Å². The van der Waals surface area contributed by atoms with E-state index in [0.29, 0.717) is 19.4 Å². The van der Waals surface area contributed by atoms with Crippen LogP contribution in [-0.2, 0) is 4.79 Å². The minimum Gasteiger partial charge on any atom is -0.354 e. The van der Waals surface area contributed by atoms with Crippen LogP contribution in [0.3, 0.4) is 0 Å². The lowest BCUT2D eigenvalue weighted by Crippen LogP contribution is -2.52. The Balaban J connectivity index is 2.00. The molecule has 0 bridgehead atoms. The second-order valence-electron chi connectivity index (χ2n) is 4.62. The van der Waals surface area contributed by atoms with Crippen LogP contribution in [-0.4, -0.2) is 35.2 Å². The third-order valence-corrected chi connectivity index (χ3v) is 3.45. The topological polar surface area (TPSA) is 66.5 Å². The Morgan fingerprint density at radius 2 is 1.89 bits per heavy atom. The van der Waals surface area contributed by atoms with Gasteiger partial charge in [0.1, 0.15) is 11.9 Å². The molecule has 1 fully saturated rings. The van der Waals surface area contributed by atoms with Gasteiger partial charge in [0.15, 0.2) is 0 Å². The number of carbonyl (C=O) groups is 3. The number of fused-ring (bicyclic) bond motifs is 1. The maximum atomic E-state index is 13.1. The number of imide groups is 1. The van der Waals surface area contributed by atoms with E-state index in [1.165, 1.54) is 6.07 Å². The first kappa shape index (κ1) is 11.8. The van der Waals surface area contributed by atoms with Crippen LogP contribution in [0, 0.1) is 5.82 Å². The Kier molecular flexibility index (Phi) is 2.58. The molecule has 2 aliphatic heterocycles. The van der Waals surface area contributed by atoms with E-state index < -0.39 is 23.7 Å². The number of halogens is 1. The molecule has 0 aliphatic carbocycles. The average molecular weight is 262 g/mol. The van der Waals surface area contributed by atoms with E-state index in [9.17, 15) is 18.8 Å². The largest absolute Gasteiger partial charge is 0.354 e. The summed E-state index contributed by atoms with van der Waals surface area (Å²) in [5.41, 5.74) is 0.188. The van der Waals surface area contributed by atoms with E-state index in [2.05, 4.69) is 5.32 Å². The predicted molar refractivity (Wildman–Crippen MR) is 62.9 cm³/mol. The average Bonchev–Trinajstić information content (AvgIpc) is 2.63. The highest BCUT2D eigenvalue weighted by Gasteiger charge is 2.43. The van der Waals surface area contributed by atoms with Gasteiger partial charge in [0.25, 0.3) is 11.8 Å². The van der Waals surface area contributed by atoms with Crippen molar-refractivity contribution < 1.29 is 18.8 Å². The third-order valence-electron chi connectivity index (χ3n) is 3.45. The molecular weight excluding hydrogens is 251 g/mol. The number of hydrogen-bond donors (Lipinski definition) is 1. The Hall–Kier alpha value is -2.24. The zero-order chi connectivity index (χ0) is 13.6. The van der Waals surface area contributed by atoms with E-state index in [0.717, 1.165) is 17.0 Å². The molecule has 1 saturated heterocycles. The first-order chi connectivity index (χ1) is 9.09. The van der Waals surface area contributed by atoms with Gasteiger partial charge in [-0.15, -0.1) is 0 Å². The SMILES string of the molecule is O=C1NCCC[C@@H]1N1C(=O)c2ccc(F)cc2C1=O. The molecule has 1 N–H and O–H groups in total. The molecule has 19 heavy (non-hydrogen) atoms. The highest BCUT2D eigenvalue weighted by atomic mass is 19.1. The molecule has 5 nitrogen and oxygen atoms in total. The molecule has 2 aliphatic rings. The third kappa shape index (κ3) is 1.71. The van der Waals surface area contributed by atoms with Gasteiger partial charge in [0.2, 0.25) is 5.91 Å².